The van der Waals surface area contributed by atoms with Crippen molar-refractivity contribution in [1.29, 1.82) is 0 Å². The molecule has 1 aliphatic rings. The maximum absolute atomic E-state index is 14.5. The molecule has 1 saturated carbocycles. The monoisotopic (exact) mass is 370 g/mol. The molecule has 146 valence electrons. The molecular weight excluding hydrogens is 338 g/mol. The Hall–Kier alpha value is -1.70. The Morgan fingerprint density at radius 3 is 2.11 bits per heavy atom. The van der Waals surface area contributed by atoms with Gasteiger partial charge in [-0.05, 0) is 54.0 Å². The third kappa shape index (κ3) is 5.89. The van der Waals surface area contributed by atoms with Crippen LogP contribution in [0.3, 0.4) is 0 Å². The van der Waals surface area contributed by atoms with Gasteiger partial charge in [0.15, 0.2) is 0 Å². The van der Waals surface area contributed by atoms with Crippen LogP contribution in [0.15, 0.2) is 42.5 Å². The quantitative estimate of drug-likeness (QED) is 0.414. The Bertz CT molecular complexity index is 697. The molecule has 0 amide bonds. The van der Waals surface area contributed by atoms with E-state index >= 15 is 0 Å². The zero-order valence-electron chi connectivity index (χ0n) is 16.5. The van der Waals surface area contributed by atoms with Gasteiger partial charge in [-0.3, -0.25) is 0 Å². The van der Waals surface area contributed by atoms with E-state index in [1.54, 1.807) is 18.2 Å². The summed E-state index contributed by atoms with van der Waals surface area (Å²) in [5.41, 5.74) is 2.34. The molecule has 2 aromatic carbocycles. The summed E-state index contributed by atoms with van der Waals surface area (Å²) >= 11 is 0. The summed E-state index contributed by atoms with van der Waals surface area (Å²) in [5.74, 6) is 1.24. The molecule has 2 heteroatoms. The van der Waals surface area contributed by atoms with Crippen molar-refractivity contribution in [1.82, 2.24) is 0 Å². The van der Waals surface area contributed by atoms with E-state index in [4.69, 9.17) is 0 Å². The summed E-state index contributed by atoms with van der Waals surface area (Å²) in [6.07, 6.45) is 13.1. The van der Waals surface area contributed by atoms with Crippen LogP contribution in [0, 0.1) is 23.5 Å². The van der Waals surface area contributed by atoms with Crippen LogP contribution in [0.1, 0.15) is 70.3 Å². The summed E-state index contributed by atoms with van der Waals surface area (Å²) < 4.78 is 27.6. The molecule has 0 radical (unpaired) electrons. The Labute approximate surface area is 163 Å². The minimum atomic E-state index is -0.295. The van der Waals surface area contributed by atoms with Crippen LogP contribution in [-0.2, 0) is 6.42 Å². The summed E-state index contributed by atoms with van der Waals surface area (Å²) in [6.45, 7) is 2.27. The second kappa shape index (κ2) is 10.0. The molecule has 0 spiro atoms. The highest BCUT2D eigenvalue weighted by Gasteiger charge is 2.20. The highest BCUT2D eigenvalue weighted by Crippen LogP contribution is 2.34. The average Bonchev–Trinajstić information content (AvgIpc) is 2.68. The normalized spacial score (nSPS) is 20.0. The number of hydrogen-bond donors (Lipinski definition) is 0. The van der Waals surface area contributed by atoms with Gasteiger partial charge in [0.05, 0.1) is 0 Å². The third-order valence-electron chi connectivity index (χ3n) is 6.21. The van der Waals surface area contributed by atoms with Crippen molar-refractivity contribution in [3.05, 3.63) is 59.7 Å². The fourth-order valence-corrected chi connectivity index (χ4v) is 4.44. The summed E-state index contributed by atoms with van der Waals surface area (Å²) in [7, 11) is 0. The standard InChI is InChI=1S/C25H32F2/c1-2-3-4-5-19-6-8-20(9-7-19)10-11-21-12-17-24(25(27)18-21)22-13-15-23(26)16-14-22/h12-20H,2-11H2,1H3/t19-,20-. The molecule has 3 rings (SSSR count). The lowest BCUT2D eigenvalue weighted by molar-refractivity contribution is 0.249. The Kier molecular flexibility index (Phi) is 7.43. The zero-order chi connectivity index (χ0) is 19.1. The Morgan fingerprint density at radius 2 is 1.48 bits per heavy atom. The van der Waals surface area contributed by atoms with Crippen molar-refractivity contribution >= 4 is 0 Å². The van der Waals surface area contributed by atoms with E-state index in [0.717, 1.165) is 35.8 Å². The van der Waals surface area contributed by atoms with Gasteiger partial charge in [-0.1, -0.05) is 82.6 Å². The molecule has 2 aromatic rings. The van der Waals surface area contributed by atoms with E-state index in [9.17, 15) is 8.78 Å². The molecule has 0 saturated heterocycles. The van der Waals surface area contributed by atoms with Crippen LogP contribution in [-0.4, -0.2) is 0 Å². The minimum absolute atomic E-state index is 0.209. The molecule has 1 aliphatic carbocycles. The van der Waals surface area contributed by atoms with Gasteiger partial charge < -0.3 is 0 Å². The predicted octanol–water partition coefficient (Wildman–Crippen LogP) is 7.95. The smallest absolute Gasteiger partial charge is 0.131 e. The van der Waals surface area contributed by atoms with Gasteiger partial charge in [0, 0.05) is 5.56 Å². The van der Waals surface area contributed by atoms with Crippen LogP contribution < -0.4 is 0 Å². The van der Waals surface area contributed by atoms with Gasteiger partial charge >= 0.3 is 0 Å². The van der Waals surface area contributed by atoms with Gasteiger partial charge in [0.1, 0.15) is 11.6 Å². The van der Waals surface area contributed by atoms with Crippen molar-refractivity contribution in [3.8, 4) is 11.1 Å². The van der Waals surface area contributed by atoms with Crippen molar-refractivity contribution in [3.63, 3.8) is 0 Å². The van der Waals surface area contributed by atoms with E-state index in [1.165, 1.54) is 63.5 Å². The summed E-state index contributed by atoms with van der Waals surface area (Å²) in [6, 6.07) is 11.5. The highest BCUT2D eigenvalue weighted by molar-refractivity contribution is 5.64. The van der Waals surface area contributed by atoms with Crippen LogP contribution in [0.2, 0.25) is 0 Å². The van der Waals surface area contributed by atoms with Gasteiger partial charge in [-0.2, -0.15) is 0 Å². The second-order valence-corrected chi connectivity index (χ2v) is 8.24. The number of halogens is 2. The molecule has 0 atom stereocenters. The first kappa shape index (κ1) is 20.0. The molecule has 0 unspecified atom stereocenters. The fraction of sp³-hybridized carbons (Fsp3) is 0.520. The van der Waals surface area contributed by atoms with E-state index in [2.05, 4.69) is 6.92 Å². The minimum Gasteiger partial charge on any atom is -0.207 e. The van der Waals surface area contributed by atoms with E-state index in [0.29, 0.717) is 5.56 Å². The lowest BCUT2D eigenvalue weighted by Gasteiger charge is -2.28. The van der Waals surface area contributed by atoms with Gasteiger partial charge in [0.25, 0.3) is 0 Å². The van der Waals surface area contributed by atoms with Crippen LogP contribution >= 0.6 is 0 Å². The lowest BCUT2D eigenvalue weighted by atomic mass is 9.78. The van der Waals surface area contributed by atoms with Crippen molar-refractivity contribution in [2.45, 2.75) is 71.1 Å². The van der Waals surface area contributed by atoms with Gasteiger partial charge in [0.2, 0.25) is 0 Å². The molecule has 0 N–H and O–H groups in total. The maximum Gasteiger partial charge on any atom is 0.131 e. The first-order valence-electron chi connectivity index (χ1n) is 10.7. The molecule has 0 aliphatic heterocycles. The first-order valence-corrected chi connectivity index (χ1v) is 10.7. The number of unbranched alkanes of at least 4 members (excludes halogenated alkanes) is 2. The Balaban J connectivity index is 1.48. The second-order valence-electron chi connectivity index (χ2n) is 8.24. The van der Waals surface area contributed by atoms with Crippen molar-refractivity contribution < 1.29 is 8.78 Å². The fourth-order valence-electron chi connectivity index (χ4n) is 4.44. The van der Waals surface area contributed by atoms with E-state index in [-0.39, 0.29) is 11.6 Å². The summed E-state index contributed by atoms with van der Waals surface area (Å²) in [4.78, 5) is 0. The van der Waals surface area contributed by atoms with Gasteiger partial charge in [-0.15, -0.1) is 0 Å². The molecule has 0 nitrogen and oxygen atoms in total. The average molecular weight is 371 g/mol. The predicted molar refractivity (Wildman–Crippen MR) is 110 cm³/mol. The topological polar surface area (TPSA) is 0 Å². The molecule has 0 heterocycles. The molecule has 1 fully saturated rings. The molecule has 0 aromatic heterocycles. The van der Waals surface area contributed by atoms with E-state index in [1.807, 2.05) is 12.1 Å². The zero-order valence-corrected chi connectivity index (χ0v) is 16.5. The summed E-state index contributed by atoms with van der Waals surface area (Å²) in [5, 5.41) is 0. The van der Waals surface area contributed by atoms with E-state index < -0.39 is 0 Å². The molecular formula is C25H32F2. The number of rotatable bonds is 8. The van der Waals surface area contributed by atoms with Crippen LogP contribution in [0.4, 0.5) is 8.78 Å². The molecule has 0 bridgehead atoms. The number of hydrogen-bond acceptors (Lipinski definition) is 0. The Morgan fingerprint density at radius 1 is 0.815 bits per heavy atom. The lowest BCUT2D eigenvalue weighted by Crippen LogP contribution is -2.15. The van der Waals surface area contributed by atoms with Crippen LogP contribution in [0.5, 0.6) is 0 Å². The number of aryl methyl sites for hydroxylation is 1. The molecule has 27 heavy (non-hydrogen) atoms. The maximum atomic E-state index is 14.5. The SMILES string of the molecule is CCCCC[C@H]1CC[C@H](CCc2ccc(-c3ccc(F)cc3)c(F)c2)CC1. The number of benzene rings is 2. The third-order valence-corrected chi connectivity index (χ3v) is 6.21. The van der Waals surface area contributed by atoms with Gasteiger partial charge in [-0.25, -0.2) is 8.78 Å². The first-order chi connectivity index (χ1) is 13.2. The largest absolute Gasteiger partial charge is 0.207 e. The van der Waals surface area contributed by atoms with Crippen molar-refractivity contribution in [2.75, 3.05) is 0 Å². The van der Waals surface area contributed by atoms with Crippen LogP contribution in [0.25, 0.3) is 11.1 Å². The highest BCUT2D eigenvalue weighted by atomic mass is 19.1. The van der Waals surface area contributed by atoms with Crippen molar-refractivity contribution in [2.24, 2.45) is 11.8 Å².